The van der Waals surface area contributed by atoms with Crippen molar-refractivity contribution in [2.24, 2.45) is 0 Å². The number of hydrogen-bond acceptors (Lipinski definition) is 2. The summed E-state index contributed by atoms with van der Waals surface area (Å²) in [5, 5.41) is 6.74. The lowest BCUT2D eigenvalue weighted by atomic mass is 11.3. The van der Waals surface area contributed by atoms with Crippen molar-refractivity contribution in [2.45, 2.75) is 0 Å². The summed E-state index contributed by atoms with van der Waals surface area (Å²) in [6, 6.07) is 0. The monoisotopic (exact) mass is 132 g/mol. The molecule has 0 N–H and O–H groups in total. The Hall–Kier alpha value is -0.580. The van der Waals surface area contributed by atoms with E-state index in [4.69, 9.17) is 9.90 Å². The SMILES string of the molecule is Cl.O=C([O-])N(F)F. The van der Waals surface area contributed by atoms with E-state index in [1.54, 1.807) is 0 Å². The van der Waals surface area contributed by atoms with Crippen LogP contribution in [0.25, 0.3) is 0 Å². The van der Waals surface area contributed by atoms with Crippen LogP contribution in [-0.2, 0) is 0 Å². The lowest BCUT2D eigenvalue weighted by Crippen LogP contribution is -2.29. The third-order valence-corrected chi connectivity index (χ3v) is 0.138. The minimum Gasteiger partial charge on any atom is -0.526 e. The Morgan fingerprint density at radius 1 is 1.57 bits per heavy atom. The molecule has 0 bridgehead atoms. The van der Waals surface area contributed by atoms with E-state index >= 15 is 0 Å². The fourth-order valence-corrected chi connectivity index (χ4v) is 0. The van der Waals surface area contributed by atoms with Gasteiger partial charge in [-0.25, -0.2) is 0 Å². The third kappa shape index (κ3) is 5.42. The summed E-state index contributed by atoms with van der Waals surface area (Å²) >= 11 is 0. The summed E-state index contributed by atoms with van der Waals surface area (Å²) in [4.78, 5) is 8.76. The van der Waals surface area contributed by atoms with Crippen LogP contribution < -0.4 is 5.11 Å². The van der Waals surface area contributed by atoms with Crippen LogP contribution in [0.2, 0.25) is 0 Å². The Labute approximate surface area is 43.8 Å². The molecule has 0 radical (unpaired) electrons. The van der Waals surface area contributed by atoms with Crippen LogP contribution in [0.1, 0.15) is 0 Å². The Kier molecular flexibility index (Phi) is 4.97. The highest BCUT2D eigenvalue weighted by Gasteiger charge is 1.91. The Morgan fingerprint density at radius 2 is 1.71 bits per heavy atom. The van der Waals surface area contributed by atoms with Gasteiger partial charge in [0.15, 0.2) is 0 Å². The van der Waals surface area contributed by atoms with Gasteiger partial charge < -0.3 is 9.90 Å². The van der Waals surface area contributed by atoms with Gasteiger partial charge in [0.2, 0.25) is 6.09 Å². The maximum Gasteiger partial charge on any atom is 0.206 e. The number of nitrogens with zero attached hydrogens (tertiary/aromatic N) is 1. The standard InChI is InChI=1S/CHF2NO2.ClH/c2-4(3)1(5)6;/h(H,5,6);1H/p-1. The second kappa shape index (κ2) is 3.60. The molecule has 0 spiro atoms. The van der Waals surface area contributed by atoms with E-state index < -0.39 is 11.4 Å². The third-order valence-electron chi connectivity index (χ3n) is 0.138. The molecule has 0 aliphatic heterocycles. The molecule has 0 rings (SSSR count). The van der Waals surface area contributed by atoms with E-state index in [1.807, 2.05) is 0 Å². The molecular formula is CHClF2NO2-. The highest BCUT2D eigenvalue weighted by Crippen LogP contribution is 1.82. The fourth-order valence-electron chi connectivity index (χ4n) is 0. The molecular weight excluding hydrogens is 131 g/mol. The first-order valence-corrected chi connectivity index (χ1v) is 0.970. The minimum atomic E-state index is -2.49. The van der Waals surface area contributed by atoms with Crippen LogP contribution in [0.3, 0.4) is 0 Å². The van der Waals surface area contributed by atoms with Crippen molar-refractivity contribution < 1.29 is 18.9 Å². The van der Waals surface area contributed by atoms with Gasteiger partial charge in [0.05, 0.1) is 0 Å². The predicted octanol–water partition coefficient (Wildman–Crippen LogP) is -0.177. The van der Waals surface area contributed by atoms with E-state index in [-0.39, 0.29) is 12.4 Å². The summed E-state index contributed by atoms with van der Waals surface area (Å²) in [5.41, 5.74) is 0. The molecule has 0 saturated carbocycles. The second-order valence-electron chi connectivity index (χ2n) is 0.499. The fraction of sp³-hybridized carbons (Fsp3) is 0. The van der Waals surface area contributed by atoms with Crippen molar-refractivity contribution in [3.8, 4) is 0 Å². The van der Waals surface area contributed by atoms with Crippen LogP contribution in [-0.4, -0.2) is 11.4 Å². The maximum atomic E-state index is 10.3. The second-order valence-corrected chi connectivity index (χ2v) is 0.499. The molecule has 0 aliphatic carbocycles. The molecule has 0 aromatic heterocycles. The molecule has 7 heavy (non-hydrogen) atoms. The highest BCUT2D eigenvalue weighted by molar-refractivity contribution is 5.85. The van der Waals surface area contributed by atoms with Crippen molar-refractivity contribution in [1.82, 2.24) is 5.34 Å². The number of amides is 1. The van der Waals surface area contributed by atoms with Crippen LogP contribution in [0, 0.1) is 0 Å². The van der Waals surface area contributed by atoms with Crippen molar-refractivity contribution in [3.05, 3.63) is 0 Å². The first kappa shape index (κ1) is 9.65. The first-order valence-electron chi connectivity index (χ1n) is 0.970. The zero-order valence-electron chi connectivity index (χ0n) is 2.93. The Bertz CT molecular complexity index is 66.7. The molecule has 0 aliphatic rings. The highest BCUT2D eigenvalue weighted by atomic mass is 35.5. The summed E-state index contributed by atoms with van der Waals surface area (Å²) in [5.74, 6) is 0. The van der Waals surface area contributed by atoms with E-state index in [9.17, 15) is 8.96 Å². The normalized spacial score (nSPS) is 6.57. The van der Waals surface area contributed by atoms with Crippen molar-refractivity contribution in [1.29, 1.82) is 0 Å². The van der Waals surface area contributed by atoms with E-state index in [1.165, 1.54) is 0 Å². The predicted molar refractivity (Wildman–Crippen MR) is 16.7 cm³/mol. The largest absolute Gasteiger partial charge is 0.526 e. The van der Waals surface area contributed by atoms with Crippen molar-refractivity contribution in [3.63, 3.8) is 0 Å². The molecule has 0 aromatic rings. The van der Waals surface area contributed by atoms with Gasteiger partial charge in [0, 0.05) is 0 Å². The molecule has 3 nitrogen and oxygen atoms in total. The number of carbonyl (C=O) groups excluding carboxylic acids is 1. The maximum absolute atomic E-state index is 10.3. The molecule has 44 valence electrons. The number of rotatable bonds is 0. The Morgan fingerprint density at radius 3 is 1.71 bits per heavy atom. The summed E-state index contributed by atoms with van der Waals surface area (Å²) in [6.07, 6.45) is -2.49. The van der Waals surface area contributed by atoms with Gasteiger partial charge in [0.1, 0.15) is 0 Å². The van der Waals surface area contributed by atoms with Crippen LogP contribution in [0.4, 0.5) is 13.8 Å². The van der Waals surface area contributed by atoms with Gasteiger partial charge in [-0.2, -0.15) is 0 Å². The van der Waals surface area contributed by atoms with Gasteiger partial charge in [-0.1, -0.05) is 8.96 Å². The van der Waals surface area contributed by atoms with Gasteiger partial charge in [-0.05, 0) is 5.34 Å². The molecule has 0 unspecified atom stereocenters. The van der Waals surface area contributed by atoms with Crippen molar-refractivity contribution >= 4 is 18.5 Å². The lowest BCUT2D eigenvalue weighted by Gasteiger charge is -1.96. The average Bonchev–Trinajstić information content (AvgIpc) is 1.36. The van der Waals surface area contributed by atoms with Gasteiger partial charge in [-0.3, -0.25) is 0 Å². The van der Waals surface area contributed by atoms with E-state index in [0.717, 1.165) is 0 Å². The van der Waals surface area contributed by atoms with Crippen LogP contribution >= 0.6 is 12.4 Å². The lowest BCUT2D eigenvalue weighted by molar-refractivity contribution is -0.308. The van der Waals surface area contributed by atoms with Gasteiger partial charge in [0.25, 0.3) is 0 Å². The van der Waals surface area contributed by atoms with Gasteiger partial charge in [-0.15, -0.1) is 12.4 Å². The van der Waals surface area contributed by atoms with E-state index in [0.29, 0.717) is 0 Å². The molecule has 0 atom stereocenters. The summed E-state index contributed by atoms with van der Waals surface area (Å²) in [6.45, 7) is 0. The molecule has 0 fully saturated rings. The number of hydrogen-bond donors (Lipinski definition) is 0. The first-order chi connectivity index (χ1) is 2.64. The van der Waals surface area contributed by atoms with Crippen molar-refractivity contribution in [2.75, 3.05) is 0 Å². The quantitative estimate of drug-likeness (QED) is 0.429. The zero-order chi connectivity index (χ0) is 5.15. The topological polar surface area (TPSA) is 43.4 Å². The Balaban J connectivity index is 0. The average molecular weight is 132 g/mol. The smallest absolute Gasteiger partial charge is 0.206 e. The molecule has 6 heteroatoms. The van der Waals surface area contributed by atoms with Crippen LogP contribution in [0.15, 0.2) is 0 Å². The number of halogens is 3. The van der Waals surface area contributed by atoms with E-state index in [2.05, 4.69) is 0 Å². The molecule has 1 amide bonds. The van der Waals surface area contributed by atoms with Crippen LogP contribution in [0.5, 0.6) is 0 Å². The molecule has 0 heterocycles. The van der Waals surface area contributed by atoms with Gasteiger partial charge >= 0.3 is 0 Å². The molecule has 0 saturated heterocycles. The zero-order valence-corrected chi connectivity index (χ0v) is 3.74. The summed E-state index contributed by atoms with van der Waals surface area (Å²) in [7, 11) is 0. The minimum absolute atomic E-state index is 0. The number of carbonyl (C=O) groups is 1. The number of carboxylic acid groups (broad SMARTS) is 1. The summed E-state index contributed by atoms with van der Waals surface area (Å²) < 4.78 is 20.7. The molecule has 0 aromatic carbocycles.